The maximum atomic E-state index is 10.5. The molecule has 0 amide bonds. The number of hydrogen-bond donors (Lipinski definition) is 1. The van der Waals surface area contributed by atoms with Gasteiger partial charge in [0.1, 0.15) is 6.29 Å². The fourth-order valence-corrected chi connectivity index (χ4v) is 2.11. The Hall–Kier alpha value is -1.32. The average Bonchev–Trinajstić information content (AvgIpc) is 2.46. The molecule has 0 saturated heterocycles. The van der Waals surface area contributed by atoms with Gasteiger partial charge < -0.3 is 5.11 Å². The average molecular weight is 264 g/mol. The molecule has 3 heteroatoms. The Morgan fingerprint density at radius 1 is 1.28 bits per heavy atom. The van der Waals surface area contributed by atoms with Gasteiger partial charge in [-0.2, -0.15) is 0 Å². The van der Waals surface area contributed by atoms with Crippen LogP contribution in [0.4, 0.5) is 0 Å². The van der Waals surface area contributed by atoms with Crippen LogP contribution >= 0.6 is 11.8 Å². The van der Waals surface area contributed by atoms with Crippen molar-refractivity contribution in [2.45, 2.75) is 20.3 Å². The van der Waals surface area contributed by atoms with Crippen molar-refractivity contribution in [2.75, 3.05) is 7.11 Å². The Morgan fingerprint density at radius 2 is 1.89 bits per heavy atom. The van der Waals surface area contributed by atoms with Crippen molar-refractivity contribution in [3.8, 4) is 0 Å². The molecule has 0 aliphatic heterocycles. The lowest BCUT2D eigenvalue weighted by Gasteiger charge is -2.04. The number of allylic oxidation sites excluding steroid dienone is 2. The minimum atomic E-state index is 0.753. The van der Waals surface area contributed by atoms with Crippen LogP contribution in [0.15, 0.2) is 47.4 Å². The summed E-state index contributed by atoms with van der Waals surface area (Å²) >= 11 is 1.60. The molecule has 0 aliphatic carbocycles. The molecule has 0 spiro atoms. The number of rotatable bonds is 5. The highest BCUT2D eigenvalue weighted by Crippen LogP contribution is 2.29. The molecule has 0 aromatic heterocycles. The molecule has 18 heavy (non-hydrogen) atoms. The van der Waals surface area contributed by atoms with Crippen molar-refractivity contribution in [3.63, 3.8) is 0 Å². The van der Waals surface area contributed by atoms with E-state index >= 15 is 0 Å². The number of hydrogen-bond acceptors (Lipinski definition) is 3. The number of carbonyl (C=O) groups is 1. The van der Waals surface area contributed by atoms with Crippen LogP contribution in [0, 0.1) is 0 Å². The molecule has 0 aliphatic rings. The van der Waals surface area contributed by atoms with Crippen LogP contribution in [0.1, 0.15) is 25.8 Å². The van der Waals surface area contributed by atoms with E-state index in [1.54, 1.807) is 11.8 Å². The third kappa shape index (κ3) is 6.42. The predicted molar refractivity (Wildman–Crippen MR) is 80.3 cm³/mol. The summed E-state index contributed by atoms with van der Waals surface area (Å²) in [5.74, 6) is 0. The van der Waals surface area contributed by atoms with Gasteiger partial charge in [-0.1, -0.05) is 55.1 Å². The van der Waals surface area contributed by atoms with Gasteiger partial charge in [0, 0.05) is 12.0 Å². The van der Waals surface area contributed by atoms with E-state index < -0.39 is 0 Å². The summed E-state index contributed by atoms with van der Waals surface area (Å²) in [5, 5.41) is 8.89. The molecule has 0 bridgehead atoms. The summed E-state index contributed by atoms with van der Waals surface area (Å²) in [5.41, 5.74) is 1.95. The summed E-state index contributed by atoms with van der Waals surface area (Å²) in [6, 6.07) is 10.2. The first-order valence-corrected chi connectivity index (χ1v) is 6.64. The highest BCUT2D eigenvalue weighted by Gasteiger charge is 1.99. The molecule has 1 aromatic rings. The zero-order valence-electron chi connectivity index (χ0n) is 11.1. The SMILES string of the molecule is CC/C=C(\S/C=C(\C)C=O)c1ccccc1.CO. The molecular formula is C15H20O2S. The first-order chi connectivity index (χ1) is 8.77. The van der Waals surface area contributed by atoms with Crippen molar-refractivity contribution < 1.29 is 9.90 Å². The highest BCUT2D eigenvalue weighted by atomic mass is 32.2. The smallest absolute Gasteiger partial charge is 0.146 e. The Balaban J connectivity index is 0.00000137. The number of benzene rings is 1. The quantitative estimate of drug-likeness (QED) is 0.647. The number of aliphatic hydroxyl groups is 1. The van der Waals surface area contributed by atoms with Crippen molar-refractivity contribution >= 4 is 23.0 Å². The number of carbonyl (C=O) groups excluding carboxylic acids is 1. The van der Waals surface area contributed by atoms with Crippen LogP contribution < -0.4 is 0 Å². The van der Waals surface area contributed by atoms with Crippen LogP contribution in [-0.2, 0) is 4.79 Å². The lowest BCUT2D eigenvalue weighted by Crippen LogP contribution is -1.79. The topological polar surface area (TPSA) is 37.3 Å². The van der Waals surface area contributed by atoms with E-state index in [0.717, 1.165) is 25.4 Å². The predicted octanol–water partition coefficient (Wildman–Crippen LogP) is 3.88. The molecule has 0 unspecified atom stereocenters. The second-order valence-corrected chi connectivity index (χ2v) is 4.35. The molecule has 0 heterocycles. The van der Waals surface area contributed by atoms with Gasteiger partial charge in [0.05, 0.1) is 0 Å². The van der Waals surface area contributed by atoms with Gasteiger partial charge in [0.25, 0.3) is 0 Å². The maximum Gasteiger partial charge on any atom is 0.146 e. The zero-order chi connectivity index (χ0) is 13.8. The first-order valence-electron chi connectivity index (χ1n) is 5.76. The molecular weight excluding hydrogens is 244 g/mol. The zero-order valence-corrected chi connectivity index (χ0v) is 11.9. The normalized spacial score (nSPS) is 11.6. The van der Waals surface area contributed by atoms with E-state index in [0.29, 0.717) is 0 Å². The molecule has 98 valence electrons. The Bertz CT molecular complexity index is 394. The van der Waals surface area contributed by atoms with Gasteiger partial charge in [0.15, 0.2) is 0 Å². The fourth-order valence-electron chi connectivity index (χ4n) is 1.21. The number of aldehydes is 1. The molecule has 1 aromatic carbocycles. The van der Waals surface area contributed by atoms with Crippen molar-refractivity contribution in [3.05, 3.63) is 53.0 Å². The summed E-state index contributed by atoms with van der Waals surface area (Å²) in [7, 11) is 1.00. The lowest BCUT2D eigenvalue weighted by atomic mass is 10.2. The van der Waals surface area contributed by atoms with Crippen molar-refractivity contribution in [2.24, 2.45) is 0 Å². The summed E-state index contributed by atoms with van der Waals surface area (Å²) in [4.78, 5) is 11.7. The third-order valence-corrected chi connectivity index (χ3v) is 3.15. The van der Waals surface area contributed by atoms with Gasteiger partial charge in [-0.15, -0.1) is 0 Å². The number of thioether (sulfide) groups is 1. The Kier molecular flexibility index (Phi) is 10.0. The minimum Gasteiger partial charge on any atom is -0.400 e. The van der Waals surface area contributed by atoms with E-state index in [4.69, 9.17) is 5.11 Å². The third-order valence-electron chi connectivity index (χ3n) is 2.01. The molecule has 0 radical (unpaired) electrons. The van der Waals surface area contributed by atoms with E-state index in [2.05, 4.69) is 25.1 Å². The van der Waals surface area contributed by atoms with Gasteiger partial charge >= 0.3 is 0 Å². The summed E-state index contributed by atoms with van der Waals surface area (Å²) in [6.45, 7) is 3.92. The molecule has 0 saturated carbocycles. The lowest BCUT2D eigenvalue weighted by molar-refractivity contribution is -0.104. The van der Waals surface area contributed by atoms with Crippen LogP contribution in [0.3, 0.4) is 0 Å². The minimum absolute atomic E-state index is 0.753. The van der Waals surface area contributed by atoms with Crippen molar-refractivity contribution in [1.82, 2.24) is 0 Å². The summed E-state index contributed by atoms with van der Waals surface area (Å²) in [6.07, 6.45) is 4.04. The van der Waals surface area contributed by atoms with Crippen LogP contribution in [0.25, 0.3) is 4.91 Å². The fraction of sp³-hybridized carbons (Fsp3) is 0.267. The van der Waals surface area contributed by atoms with Gasteiger partial charge in [0.2, 0.25) is 0 Å². The highest BCUT2D eigenvalue weighted by molar-refractivity contribution is 8.10. The van der Waals surface area contributed by atoms with E-state index in [1.165, 1.54) is 10.5 Å². The molecule has 0 fully saturated rings. The van der Waals surface area contributed by atoms with Gasteiger partial charge in [-0.3, -0.25) is 4.79 Å². The standard InChI is InChI=1S/C14H16OS.CH4O/c1-3-7-14(16-11-12(2)10-15)13-8-5-4-6-9-13;1-2/h4-11H,3H2,1-2H3;2H,1H3/b12-11+,14-7-;. The Morgan fingerprint density at radius 3 is 2.39 bits per heavy atom. The summed E-state index contributed by atoms with van der Waals surface area (Å²) < 4.78 is 0. The maximum absolute atomic E-state index is 10.5. The molecule has 1 rings (SSSR count). The monoisotopic (exact) mass is 264 g/mol. The molecule has 1 N–H and O–H groups in total. The van der Waals surface area contributed by atoms with Crippen LogP contribution in [0.5, 0.6) is 0 Å². The first kappa shape index (κ1) is 16.7. The largest absolute Gasteiger partial charge is 0.400 e. The van der Waals surface area contributed by atoms with Gasteiger partial charge in [-0.05, 0) is 29.9 Å². The second kappa shape index (κ2) is 10.8. The van der Waals surface area contributed by atoms with Crippen molar-refractivity contribution in [1.29, 1.82) is 0 Å². The van der Waals surface area contributed by atoms with E-state index in [1.807, 2.05) is 30.5 Å². The molecule has 0 atom stereocenters. The van der Waals surface area contributed by atoms with Gasteiger partial charge in [-0.25, -0.2) is 0 Å². The molecule has 2 nitrogen and oxygen atoms in total. The van der Waals surface area contributed by atoms with Crippen LogP contribution in [-0.4, -0.2) is 18.5 Å². The second-order valence-electron chi connectivity index (χ2n) is 3.44. The Labute approximate surface area is 113 Å². The van der Waals surface area contributed by atoms with Crippen LogP contribution in [0.2, 0.25) is 0 Å². The van der Waals surface area contributed by atoms with E-state index in [-0.39, 0.29) is 0 Å². The number of aliphatic hydroxyl groups excluding tert-OH is 1. The van der Waals surface area contributed by atoms with E-state index in [9.17, 15) is 4.79 Å².